The molecule has 7 nitrogen and oxygen atoms in total. The maximum Gasteiger partial charge on any atom is 0.244 e. The molecule has 2 aromatic heterocycles. The lowest BCUT2D eigenvalue weighted by Gasteiger charge is -2.15. The van der Waals surface area contributed by atoms with E-state index in [2.05, 4.69) is 16.0 Å². The minimum atomic E-state index is -4.20. The van der Waals surface area contributed by atoms with Crippen LogP contribution >= 0.6 is 11.6 Å². The van der Waals surface area contributed by atoms with Crippen molar-refractivity contribution in [1.82, 2.24) is 19.3 Å². The van der Waals surface area contributed by atoms with Crippen molar-refractivity contribution in [3.63, 3.8) is 0 Å². The van der Waals surface area contributed by atoms with Crippen molar-refractivity contribution in [3.05, 3.63) is 41.2 Å². The first kappa shape index (κ1) is 22.1. The lowest BCUT2D eigenvalue weighted by Crippen LogP contribution is -2.38. The van der Waals surface area contributed by atoms with Crippen LogP contribution in [0.1, 0.15) is 25.5 Å². The van der Waals surface area contributed by atoms with Gasteiger partial charge in [0.2, 0.25) is 10.0 Å². The van der Waals surface area contributed by atoms with E-state index in [0.29, 0.717) is 21.7 Å². The first-order valence-electron chi connectivity index (χ1n) is 8.93. The molecular weight excluding hydrogens is 436 g/mol. The van der Waals surface area contributed by atoms with Crippen LogP contribution < -0.4 is 4.72 Å². The first-order chi connectivity index (χ1) is 14.2. The summed E-state index contributed by atoms with van der Waals surface area (Å²) in [5.74, 6) is 0.138. The normalized spacial score (nSPS) is 12.1. The summed E-state index contributed by atoms with van der Waals surface area (Å²) in [6, 6.07) is 5.74. The number of hydrogen-bond acceptors (Lipinski definition) is 5. The number of nitriles is 1. The third kappa shape index (κ3) is 4.01. The molecule has 0 saturated carbocycles. The zero-order valence-corrected chi connectivity index (χ0v) is 17.7. The molecule has 0 bridgehead atoms. The fourth-order valence-electron chi connectivity index (χ4n) is 3.12. The fraction of sp³-hybridized carbons (Fsp3) is 0.316. The zero-order valence-electron chi connectivity index (χ0n) is 16.1. The van der Waals surface area contributed by atoms with Gasteiger partial charge in [-0.2, -0.15) is 5.26 Å². The predicted octanol–water partition coefficient (Wildman–Crippen LogP) is 3.79. The average Bonchev–Trinajstić information content (AvgIpc) is 3.05. The molecule has 0 amide bonds. The Morgan fingerprint density at radius 1 is 1.23 bits per heavy atom. The Kier molecular flexibility index (Phi) is 6.36. The van der Waals surface area contributed by atoms with E-state index in [1.807, 2.05) is 23.1 Å². The Bertz CT molecular complexity index is 1220. The molecule has 0 radical (unpaired) electrons. The average molecular weight is 454 g/mol. The molecule has 158 valence electrons. The molecule has 30 heavy (non-hydrogen) atoms. The highest BCUT2D eigenvalue weighted by atomic mass is 35.5. The minimum absolute atomic E-state index is 0.0772. The van der Waals surface area contributed by atoms with Crippen LogP contribution in [0.15, 0.2) is 35.5 Å². The quantitative estimate of drug-likeness (QED) is 0.586. The van der Waals surface area contributed by atoms with Gasteiger partial charge in [0.15, 0.2) is 5.82 Å². The number of rotatable bonds is 7. The summed E-state index contributed by atoms with van der Waals surface area (Å²) < 4.78 is 53.7. The molecule has 0 unspecified atom stereocenters. The van der Waals surface area contributed by atoms with E-state index in [0.717, 1.165) is 17.9 Å². The van der Waals surface area contributed by atoms with E-state index in [1.165, 1.54) is 0 Å². The second-order valence-electron chi connectivity index (χ2n) is 6.83. The van der Waals surface area contributed by atoms with Crippen LogP contribution in [0.3, 0.4) is 0 Å². The van der Waals surface area contributed by atoms with Gasteiger partial charge in [-0.25, -0.2) is 31.9 Å². The highest BCUT2D eigenvalue weighted by Gasteiger charge is 2.25. The molecule has 1 aromatic carbocycles. The monoisotopic (exact) mass is 453 g/mol. The van der Waals surface area contributed by atoms with E-state index < -0.39 is 29.4 Å². The van der Waals surface area contributed by atoms with Crippen molar-refractivity contribution < 1.29 is 17.2 Å². The van der Waals surface area contributed by atoms with Crippen molar-refractivity contribution in [2.45, 2.75) is 30.8 Å². The summed E-state index contributed by atoms with van der Waals surface area (Å²) in [4.78, 5) is 7.90. The van der Waals surface area contributed by atoms with Crippen LogP contribution in [0.5, 0.6) is 0 Å². The lowest BCUT2D eigenvalue weighted by atomic mass is 10.1. The number of halogens is 3. The van der Waals surface area contributed by atoms with E-state index >= 15 is 0 Å². The van der Waals surface area contributed by atoms with Crippen LogP contribution in [-0.4, -0.2) is 42.3 Å². The summed E-state index contributed by atoms with van der Waals surface area (Å²) in [5.41, 5.74) is 1.48. The van der Waals surface area contributed by atoms with Gasteiger partial charge in [0.1, 0.15) is 30.0 Å². The number of sulfonamides is 1. The third-order valence-electron chi connectivity index (χ3n) is 4.44. The third-order valence-corrected chi connectivity index (χ3v) is 6.15. The Hall–Kier alpha value is -2.61. The van der Waals surface area contributed by atoms with Crippen LogP contribution in [0.4, 0.5) is 8.78 Å². The molecule has 3 rings (SSSR count). The molecule has 0 saturated heterocycles. The van der Waals surface area contributed by atoms with Crippen LogP contribution in [0.25, 0.3) is 22.4 Å². The predicted molar refractivity (Wildman–Crippen MR) is 109 cm³/mol. The van der Waals surface area contributed by atoms with Crippen molar-refractivity contribution >= 4 is 32.5 Å². The smallest absolute Gasteiger partial charge is 0.244 e. The second kappa shape index (κ2) is 8.63. The van der Waals surface area contributed by atoms with Gasteiger partial charge in [0.25, 0.3) is 0 Å². The van der Waals surface area contributed by atoms with E-state index in [1.54, 1.807) is 18.2 Å². The second-order valence-corrected chi connectivity index (χ2v) is 8.98. The Labute approximate surface area is 177 Å². The highest BCUT2D eigenvalue weighted by Crippen LogP contribution is 2.35. The van der Waals surface area contributed by atoms with Crippen molar-refractivity contribution in [2.75, 3.05) is 13.3 Å². The zero-order chi connectivity index (χ0) is 22.1. The van der Waals surface area contributed by atoms with Gasteiger partial charge >= 0.3 is 0 Å². The summed E-state index contributed by atoms with van der Waals surface area (Å²) in [6.07, 6.45) is 2.07. The fourth-order valence-corrected chi connectivity index (χ4v) is 4.37. The molecule has 0 aliphatic carbocycles. The number of benzene rings is 1. The van der Waals surface area contributed by atoms with Gasteiger partial charge in [0.05, 0.1) is 29.5 Å². The number of nitrogens with one attached hydrogen (secondary N) is 1. The van der Waals surface area contributed by atoms with Gasteiger partial charge in [-0.3, -0.25) is 0 Å². The number of alkyl halides is 2. The molecule has 2 heterocycles. The Morgan fingerprint density at radius 3 is 2.40 bits per heavy atom. The molecule has 0 aliphatic heterocycles. The molecule has 0 fully saturated rings. The summed E-state index contributed by atoms with van der Waals surface area (Å²) in [7, 11) is -4.20. The Morgan fingerprint density at radius 2 is 1.87 bits per heavy atom. The highest BCUT2D eigenvalue weighted by molar-refractivity contribution is 7.89. The number of hydrogen-bond donors (Lipinski definition) is 1. The van der Waals surface area contributed by atoms with E-state index in [-0.39, 0.29) is 16.8 Å². The van der Waals surface area contributed by atoms with Gasteiger partial charge in [-0.05, 0) is 32.0 Å². The molecule has 11 heteroatoms. The largest absolute Gasteiger partial charge is 0.334 e. The summed E-state index contributed by atoms with van der Waals surface area (Å²) in [6.45, 7) is 1.47. The van der Waals surface area contributed by atoms with Crippen LogP contribution in [-0.2, 0) is 10.0 Å². The maximum absolute atomic E-state index is 12.7. The lowest BCUT2D eigenvalue weighted by molar-refractivity contribution is 0.334. The summed E-state index contributed by atoms with van der Waals surface area (Å²) in [5, 5.41) is 10.9. The van der Waals surface area contributed by atoms with Gasteiger partial charge in [-0.1, -0.05) is 11.6 Å². The van der Waals surface area contributed by atoms with Gasteiger partial charge < -0.3 is 4.57 Å². The minimum Gasteiger partial charge on any atom is -0.334 e. The van der Waals surface area contributed by atoms with E-state index in [4.69, 9.17) is 11.6 Å². The van der Waals surface area contributed by atoms with Gasteiger partial charge in [-0.15, -0.1) is 0 Å². The number of aromatic nitrogens is 3. The van der Waals surface area contributed by atoms with Crippen LogP contribution in [0, 0.1) is 11.3 Å². The first-order valence-corrected chi connectivity index (χ1v) is 10.8. The number of fused-ring (bicyclic) bond motifs is 1. The van der Waals surface area contributed by atoms with E-state index in [9.17, 15) is 22.5 Å². The number of nitrogens with zero attached hydrogens (tertiary/aromatic N) is 4. The Balaban J connectivity index is 2.13. The van der Waals surface area contributed by atoms with Crippen molar-refractivity contribution in [3.8, 4) is 17.6 Å². The SMILES string of the molecule is CC(C)n1c(-c2ncc(S(=O)(=O)NC(CF)CF)cn2)c(C#N)c2ccc(Cl)cc21. The molecule has 0 atom stereocenters. The molecule has 0 aliphatic rings. The maximum atomic E-state index is 12.7. The van der Waals surface area contributed by atoms with Gasteiger partial charge in [0, 0.05) is 16.5 Å². The molecule has 1 N–H and O–H groups in total. The standard InChI is InChI=1S/C19H18ClF2N5O2S/c1-11(2)27-17-5-12(20)3-4-15(17)16(8-23)18(27)19-24-9-14(10-25-19)30(28,29)26-13(6-21)7-22/h3-5,9-11,13,26H,6-7H2,1-2H3. The summed E-state index contributed by atoms with van der Waals surface area (Å²) >= 11 is 6.13. The molecule has 0 spiro atoms. The topological polar surface area (TPSA) is 101 Å². The molecule has 3 aromatic rings. The van der Waals surface area contributed by atoms with Crippen molar-refractivity contribution in [2.24, 2.45) is 0 Å². The molecular formula is C19H18ClF2N5O2S. The van der Waals surface area contributed by atoms with Crippen molar-refractivity contribution in [1.29, 1.82) is 5.26 Å². The van der Waals surface area contributed by atoms with Crippen LogP contribution in [0.2, 0.25) is 5.02 Å².